The van der Waals surface area contributed by atoms with Crippen LogP contribution in [0.1, 0.15) is 46.9 Å². The van der Waals surface area contributed by atoms with Gasteiger partial charge in [0.15, 0.2) is 17.2 Å². The summed E-state index contributed by atoms with van der Waals surface area (Å²) in [5.74, 6) is -0.310. The summed E-state index contributed by atoms with van der Waals surface area (Å²) in [4.78, 5) is 17.6. The van der Waals surface area contributed by atoms with Crippen molar-refractivity contribution >= 4 is 56.5 Å². The van der Waals surface area contributed by atoms with Gasteiger partial charge >= 0.3 is 6.18 Å². The predicted molar refractivity (Wildman–Crippen MR) is 151 cm³/mol. The van der Waals surface area contributed by atoms with Crippen molar-refractivity contribution in [3.8, 4) is 11.3 Å². The normalized spacial score (nSPS) is 11.9. The van der Waals surface area contributed by atoms with Gasteiger partial charge in [0.2, 0.25) is 0 Å². The first-order valence-corrected chi connectivity index (χ1v) is 13.5. The third-order valence-electron chi connectivity index (χ3n) is 6.18. The maximum atomic E-state index is 14.0. The molecule has 0 radical (unpaired) electrons. The molecule has 0 atom stereocenters. The molecule has 40 heavy (non-hydrogen) atoms. The number of aromatic nitrogens is 5. The number of carbonyl (C=O) groups is 1. The lowest BCUT2D eigenvalue weighted by atomic mass is 10.0. The highest BCUT2D eigenvalue weighted by Gasteiger charge is 2.36. The number of nitrogens with one attached hydrogen (secondary N) is 1. The van der Waals surface area contributed by atoms with E-state index >= 15 is 0 Å². The van der Waals surface area contributed by atoms with Crippen LogP contribution in [0.4, 0.5) is 19.0 Å². The zero-order chi connectivity index (χ0) is 28.8. The first kappa shape index (κ1) is 28.1. The van der Waals surface area contributed by atoms with Crippen molar-refractivity contribution in [1.82, 2.24) is 24.4 Å². The number of hydrogen-bond donors (Lipinski definition) is 1. The smallest absolute Gasteiger partial charge is 0.304 e. The second kappa shape index (κ2) is 10.9. The van der Waals surface area contributed by atoms with Crippen molar-refractivity contribution in [2.24, 2.45) is 0 Å². The molecule has 0 aliphatic rings. The molecule has 0 spiro atoms. The quantitative estimate of drug-likeness (QED) is 0.201. The standard InChI is InChI=1S/C27H20BrCl2F3N6O/c1-14(2)15-3-5-16(6-4-15)22-10-23(27(31,32)33)39-25(35-22)19(11-34-39)26(40)36-24-20(28)13-38(37-24)12-17-7-8-18(29)9-21(17)30/h3-11,13-14H,12H2,1-2H3,(H,36,37,40). The molecular weight excluding hydrogens is 632 g/mol. The van der Waals surface area contributed by atoms with E-state index in [1.54, 1.807) is 41.2 Å². The molecule has 5 aromatic rings. The lowest BCUT2D eigenvalue weighted by Gasteiger charge is -2.12. The van der Waals surface area contributed by atoms with Crippen LogP contribution in [0.15, 0.2) is 65.4 Å². The van der Waals surface area contributed by atoms with Gasteiger partial charge in [-0.1, -0.05) is 67.4 Å². The monoisotopic (exact) mass is 650 g/mol. The Morgan fingerprint density at radius 3 is 2.48 bits per heavy atom. The van der Waals surface area contributed by atoms with Gasteiger partial charge in [-0.05, 0) is 51.2 Å². The fourth-order valence-corrected chi connectivity index (χ4v) is 4.96. The van der Waals surface area contributed by atoms with Crippen LogP contribution in [0.2, 0.25) is 10.0 Å². The van der Waals surface area contributed by atoms with Gasteiger partial charge in [-0.2, -0.15) is 23.4 Å². The number of carbonyl (C=O) groups excluding carboxylic acids is 1. The van der Waals surface area contributed by atoms with Crippen molar-refractivity contribution in [2.45, 2.75) is 32.5 Å². The van der Waals surface area contributed by atoms with E-state index in [2.05, 4.69) is 36.4 Å². The minimum Gasteiger partial charge on any atom is -0.304 e. The summed E-state index contributed by atoms with van der Waals surface area (Å²) in [5.41, 5.74) is 0.896. The molecule has 3 heterocycles. The molecule has 0 saturated heterocycles. The highest BCUT2D eigenvalue weighted by atomic mass is 79.9. The molecule has 1 amide bonds. The third kappa shape index (κ3) is 5.72. The van der Waals surface area contributed by atoms with E-state index in [1.807, 2.05) is 26.0 Å². The molecule has 0 aliphatic carbocycles. The summed E-state index contributed by atoms with van der Waals surface area (Å²) in [7, 11) is 0. The Morgan fingerprint density at radius 2 is 1.82 bits per heavy atom. The van der Waals surface area contributed by atoms with Gasteiger partial charge in [0, 0.05) is 21.8 Å². The summed E-state index contributed by atoms with van der Waals surface area (Å²) in [6, 6.07) is 13.1. The van der Waals surface area contributed by atoms with Crippen LogP contribution >= 0.6 is 39.1 Å². The van der Waals surface area contributed by atoms with E-state index in [0.717, 1.165) is 23.4 Å². The number of benzene rings is 2. The minimum absolute atomic E-state index is 0.0648. The molecule has 2 aromatic carbocycles. The minimum atomic E-state index is -4.74. The lowest BCUT2D eigenvalue weighted by molar-refractivity contribution is -0.142. The molecule has 0 unspecified atom stereocenters. The van der Waals surface area contributed by atoms with Crippen molar-refractivity contribution in [3.05, 3.63) is 97.8 Å². The SMILES string of the molecule is CC(C)c1ccc(-c2cc(C(F)(F)F)n3ncc(C(=O)Nc4nn(Cc5ccc(Cl)cc5Cl)cc4Br)c3n2)cc1. The van der Waals surface area contributed by atoms with Crippen molar-refractivity contribution in [3.63, 3.8) is 0 Å². The molecular formula is C27H20BrCl2F3N6O. The molecule has 0 aliphatic heterocycles. The third-order valence-corrected chi connectivity index (χ3v) is 7.34. The molecule has 7 nitrogen and oxygen atoms in total. The first-order valence-electron chi connectivity index (χ1n) is 11.9. The summed E-state index contributed by atoms with van der Waals surface area (Å²) >= 11 is 15.6. The number of hydrogen-bond acceptors (Lipinski definition) is 4. The number of anilines is 1. The summed E-state index contributed by atoms with van der Waals surface area (Å²) in [6.07, 6.45) is -2.05. The number of alkyl halides is 3. The predicted octanol–water partition coefficient (Wildman–Crippen LogP) is 8.10. The zero-order valence-electron chi connectivity index (χ0n) is 21.0. The Morgan fingerprint density at radius 1 is 1.10 bits per heavy atom. The molecule has 5 rings (SSSR count). The van der Waals surface area contributed by atoms with Crippen LogP contribution in [0, 0.1) is 0 Å². The van der Waals surface area contributed by atoms with Gasteiger partial charge in [-0.3, -0.25) is 9.48 Å². The van der Waals surface area contributed by atoms with Gasteiger partial charge in [0.25, 0.3) is 5.91 Å². The maximum Gasteiger partial charge on any atom is 0.433 e. The summed E-state index contributed by atoms with van der Waals surface area (Å²) < 4.78 is 44.6. The van der Waals surface area contributed by atoms with Crippen LogP contribution in [0.3, 0.4) is 0 Å². The van der Waals surface area contributed by atoms with E-state index in [0.29, 0.717) is 24.6 Å². The Kier molecular flexibility index (Phi) is 7.64. The topological polar surface area (TPSA) is 77.1 Å². The highest BCUT2D eigenvalue weighted by molar-refractivity contribution is 9.10. The Hall–Kier alpha value is -3.41. The second-order valence-corrected chi connectivity index (χ2v) is 11.0. The van der Waals surface area contributed by atoms with Gasteiger partial charge in [0.1, 0.15) is 5.56 Å². The number of amides is 1. The van der Waals surface area contributed by atoms with E-state index in [9.17, 15) is 18.0 Å². The lowest BCUT2D eigenvalue weighted by Crippen LogP contribution is -2.16. The average Bonchev–Trinajstić information content (AvgIpc) is 3.47. The van der Waals surface area contributed by atoms with Gasteiger partial charge in [0.05, 0.1) is 22.9 Å². The number of nitrogens with zero attached hydrogens (tertiary/aromatic N) is 5. The average molecular weight is 652 g/mol. The summed E-state index contributed by atoms with van der Waals surface area (Å²) in [5, 5.41) is 11.8. The largest absolute Gasteiger partial charge is 0.433 e. The number of halogens is 6. The van der Waals surface area contributed by atoms with E-state index in [1.165, 1.54) is 0 Å². The zero-order valence-corrected chi connectivity index (χ0v) is 24.1. The second-order valence-electron chi connectivity index (χ2n) is 9.31. The van der Waals surface area contributed by atoms with E-state index in [4.69, 9.17) is 23.2 Å². The Bertz CT molecular complexity index is 1730. The molecule has 0 bridgehead atoms. The highest BCUT2D eigenvalue weighted by Crippen LogP contribution is 2.33. The maximum absolute atomic E-state index is 14.0. The molecule has 0 fully saturated rings. The fourth-order valence-electron chi connectivity index (χ4n) is 4.07. The molecule has 13 heteroatoms. The van der Waals surface area contributed by atoms with E-state index in [-0.39, 0.29) is 35.2 Å². The summed E-state index contributed by atoms with van der Waals surface area (Å²) in [6.45, 7) is 4.33. The van der Waals surface area contributed by atoms with E-state index < -0.39 is 17.8 Å². The van der Waals surface area contributed by atoms with Crippen molar-refractivity contribution < 1.29 is 18.0 Å². The van der Waals surface area contributed by atoms with Crippen LogP contribution < -0.4 is 5.32 Å². The van der Waals surface area contributed by atoms with Gasteiger partial charge < -0.3 is 5.32 Å². The number of rotatable bonds is 6. The molecule has 0 saturated carbocycles. The first-order chi connectivity index (χ1) is 18.9. The van der Waals surface area contributed by atoms with Crippen LogP contribution in [0.25, 0.3) is 16.9 Å². The molecule has 1 N–H and O–H groups in total. The van der Waals surface area contributed by atoms with Crippen molar-refractivity contribution in [2.75, 3.05) is 5.32 Å². The molecule has 3 aromatic heterocycles. The van der Waals surface area contributed by atoms with Crippen LogP contribution in [-0.4, -0.2) is 30.3 Å². The van der Waals surface area contributed by atoms with Gasteiger partial charge in [-0.25, -0.2) is 9.50 Å². The van der Waals surface area contributed by atoms with Crippen LogP contribution in [-0.2, 0) is 12.7 Å². The Balaban J connectivity index is 1.48. The van der Waals surface area contributed by atoms with Gasteiger partial charge in [-0.15, -0.1) is 0 Å². The van der Waals surface area contributed by atoms with Crippen LogP contribution in [0.5, 0.6) is 0 Å². The number of fused-ring (bicyclic) bond motifs is 1. The van der Waals surface area contributed by atoms with Crippen molar-refractivity contribution in [1.29, 1.82) is 0 Å². The molecule has 206 valence electrons. The Labute approximate surface area is 245 Å². The fraction of sp³-hybridized carbons (Fsp3) is 0.185.